The zero-order valence-electron chi connectivity index (χ0n) is 13.8. The molecule has 25 heavy (non-hydrogen) atoms. The first kappa shape index (κ1) is 15.7. The van der Waals surface area contributed by atoms with E-state index < -0.39 is 0 Å². The van der Waals surface area contributed by atoms with Crippen LogP contribution in [0.1, 0.15) is 40.6 Å². The van der Waals surface area contributed by atoms with Crippen molar-refractivity contribution in [1.82, 2.24) is 15.8 Å². The van der Waals surface area contributed by atoms with Gasteiger partial charge in [0, 0.05) is 37.3 Å². The number of carbonyl (C=O) groups is 2. The minimum absolute atomic E-state index is 0.0424. The molecule has 2 aliphatic rings. The highest BCUT2D eigenvalue weighted by molar-refractivity contribution is 5.92. The number of hydrogen-bond acceptors (Lipinski definition) is 5. The molecule has 0 atom stereocenters. The number of rotatable bonds is 5. The molecule has 0 radical (unpaired) electrons. The van der Waals surface area contributed by atoms with Crippen LogP contribution in [0.2, 0.25) is 0 Å². The van der Waals surface area contributed by atoms with Crippen molar-refractivity contribution in [3.05, 3.63) is 47.3 Å². The van der Waals surface area contributed by atoms with Crippen LogP contribution in [0.5, 0.6) is 0 Å². The maximum absolute atomic E-state index is 12.1. The molecule has 2 amide bonds. The Morgan fingerprint density at radius 2 is 2.12 bits per heavy atom. The van der Waals surface area contributed by atoms with E-state index in [1.54, 1.807) is 6.07 Å². The van der Waals surface area contributed by atoms with Crippen LogP contribution in [0.4, 0.5) is 5.69 Å². The molecule has 1 aliphatic heterocycles. The molecule has 7 nitrogen and oxygen atoms in total. The Kier molecular flexibility index (Phi) is 4.13. The second-order valence-electron chi connectivity index (χ2n) is 6.51. The molecule has 130 valence electrons. The van der Waals surface area contributed by atoms with Crippen LogP contribution < -0.4 is 15.5 Å². The van der Waals surface area contributed by atoms with Gasteiger partial charge in [-0.3, -0.25) is 9.59 Å². The van der Waals surface area contributed by atoms with Crippen LogP contribution in [0.25, 0.3) is 0 Å². The van der Waals surface area contributed by atoms with Crippen molar-refractivity contribution in [2.75, 3.05) is 24.5 Å². The zero-order valence-corrected chi connectivity index (χ0v) is 13.8. The lowest BCUT2D eigenvalue weighted by Gasteiger charge is -2.28. The van der Waals surface area contributed by atoms with Gasteiger partial charge in [-0.15, -0.1) is 0 Å². The van der Waals surface area contributed by atoms with E-state index in [1.165, 1.54) is 0 Å². The van der Waals surface area contributed by atoms with E-state index in [0.29, 0.717) is 31.2 Å². The molecular formula is C18H20N4O3. The van der Waals surface area contributed by atoms with E-state index in [9.17, 15) is 9.59 Å². The predicted octanol–water partition coefficient (Wildman–Crippen LogP) is 1.42. The van der Waals surface area contributed by atoms with Gasteiger partial charge in [0.2, 0.25) is 5.91 Å². The second-order valence-corrected chi connectivity index (χ2v) is 6.51. The third-order valence-electron chi connectivity index (χ3n) is 4.53. The maximum Gasteiger partial charge on any atom is 0.273 e. The summed E-state index contributed by atoms with van der Waals surface area (Å²) in [6.45, 7) is 2.27. The highest BCUT2D eigenvalue weighted by Gasteiger charge is 2.28. The van der Waals surface area contributed by atoms with Crippen molar-refractivity contribution < 1.29 is 14.1 Å². The van der Waals surface area contributed by atoms with E-state index in [4.69, 9.17) is 4.52 Å². The number of benzene rings is 1. The summed E-state index contributed by atoms with van der Waals surface area (Å²) in [5.41, 5.74) is 2.33. The van der Waals surface area contributed by atoms with E-state index in [1.807, 2.05) is 29.2 Å². The van der Waals surface area contributed by atoms with Gasteiger partial charge in [-0.25, -0.2) is 0 Å². The fourth-order valence-electron chi connectivity index (χ4n) is 2.91. The third kappa shape index (κ3) is 3.65. The van der Waals surface area contributed by atoms with Crippen LogP contribution in [0.15, 0.2) is 34.9 Å². The quantitative estimate of drug-likeness (QED) is 0.859. The topological polar surface area (TPSA) is 87.5 Å². The molecule has 1 aromatic heterocycles. The Bertz CT molecular complexity index is 780. The van der Waals surface area contributed by atoms with E-state index in [-0.39, 0.29) is 11.8 Å². The normalized spacial score (nSPS) is 17.3. The SMILES string of the molecule is O=C1CN(c2ccc(CNC(=O)c3cc(C4CC4)on3)cc2)CCN1. The summed E-state index contributed by atoms with van der Waals surface area (Å²) in [6.07, 6.45) is 2.22. The molecule has 2 heterocycles. The van der Waals surface area contributed by atoms with Gasteiger partial charge in [-0.2, -0.15) is 0 Å². The second kappa shape index (κ2) is 6.58. The molecule has 1 aromatic carbocycles. The molecule has 0 bridgehead atoms. The van der Waals surface area contributed by atoms with Gasteiger partial charge in [0.05, 0.1) is 6.54 Å². The first-order valence-electron chi connectivity index (χ1n) is 8.54. The molecule has 1 saturated heterocycles. The molecule has 4 rings (SSSR count). The lowest BCUT2D eigenvalue weighted by Crippen LogP contribution is -2.47. The fraction of sp³-hybridized carbons (Fsp3) is 0.389. The van der Waals surface area contributed by atoms with Crippen molar-refractivity contribution in [3.63, 3.8) is 0 Å². The molecular weight excluding hydrogens is 320 g/mol. The molecule has 1 aliphatic carbocycles. The summed E-state index contributed by atoms with van der Waals surface area (Å²) in [7, 11) is 0. The average Bonchev–Trinajstić information content (AvgIpc) is 3.37. The summed E-state index contributed by atoms with van der Waals surface area (Å²) in [4.78, 5) is 25.6. The number of carbonyl (C=O) groups excluding carboxylic acids is 2. The predicted molar refractivity (Wildman–Crippen MR) is 91.3 cm³/mol. The Labute approximate surface area is 145 Å². The monoisotopic (exact) mass is 340 g/mol. The van der Waals surface area contributed by atoms with Crippen molar-refractivity contribution >= 4 is 17.5 Å². The molecule has 0 unspecified atom stereocenters. The largest absolute Gasteiger partial charge is 0.360 e. The number of nitrogens with one attached hydrogen (secondary N) is 2. The van der Waals surface area contributed by atoms with Crippen LogP contribution in [-0.2, 0) is 11.3 Å². The molecule has 2 fully saturated rings. The van der Waals surface area contributed by atoms with Crippen LogP contribution in [0, 0.1) is 0 Å². The van der Waals surface area contributed by atoms with Crippen molar-refractivity contribution in [3.8, 4) is 0 Å². The van der Waals surface area contributed by atoms with E-state index in [2.05, 4.69) is 15.8 Å². The summed E-state index contributed by atoms with van der Waals surface area (Å²) in [6, 6.07) is 9.60. The van der Waals surface area contributed by atoms with Gasteiger partial charge in [-0.1, -0.05) is 17.3 Å². The van der Waals surface area contributed by atoms with Gasteiger partial charge in [0.15, 0.2) is 5.69 Å². The highest BCUT2D eigenvalue weighted by Crippen LogP contribution is 2.40. The Balaban J connectivity index is 1.32. The number of amides is 2. The highest BCUT2D eigenvalue weighted by atomic mass is 16.5. The van der Waals surface area contributed by atoms with Gasteiger partial charge in [0.25, 0.3) is 5.91 Å². The third-order valence-corrected chi connectivity index (χ3v) is 4.53. The molecule has 7 heteroatoms. The van der Waals surface area contributed by atoms with Crippen LogP contribution in [-0.4, -0.2) is 36.6 Å². The standard InChI is InChI=1S/C18H20N4O3/c23-17-11-22(8-7-19-17)14-5-1-12(2-6-14)10-20-18(24)15-9-16(25-21-15)13-3-4-13/h1-2,5-6,9,13H,3-4,7-8,10-11H2,(H,19,23)(H,20,24). The average molecular weight is 340 g/mol. The first-order chi connectivity index (χ1) is 12.2. The number of piperazine rings is 1. The van der Waals surface area contributed by atoms with Crippen LogP contribution in [0.3, 0.4) is 0 Å². The van der Waals surface area contributed by atoms with Gasteiger partial charge < -0.3 is 20.1 Å². The number of nitrogens with zero attached hydrogens (tertiary/aromatic N) is 2. The van der Waals surface area contributed by atoms with E-state index >= 15 is 0 Å². The van der Waals surface area contributed by atoms with Crippen molar-refractivity contribution in [1.29, 1.82) is 0 Å². The summed E-state index contributed by atoms with van der Waals surface area (Å²) in [5.74, 6) is 1.06. The maximum atomic E-state index is 12.1. The lowest BCUT2D eigenvalue weighted by molar-refractivity contribution is -0.120. The van der Waals surface area contributed by atoms with Crippen LogP contribution >= 0.6 is 0 Å². The molecule has 2 aromatic rings. The Hall–Kier alpha value is -2.83. The van der Waals surface area contributed by atoms with Gasteiger partial charge >= 0.3 is 0 Å². The minimum Gasteiger partial charge on any atom is -0.360 e. The summed E-state index contributed by atoms with van der Waals surface area (Å²) in [5, 5.41) is 9.51. The lowest BCUT2D eigenvalue weighted by atomic mass is 10.1. The molecule has 2 N–H and O–H groups in total. The zero-order chi connectivity index (χ0) is 17.2. The number of anilines is 1. The number of hydrogen-bond donors (Lipinski definition) is 2. The van der Waals surface area contributed by atoms with Gasteiger partial charge in [0.1, 0.15) is 5.76 Å². The van der Waals surface area contributed by atoms with Crippen molar-refractivity contribution in [2.45, 2.75) is 25.3 Å². The first-order valence-corrected chi connectivity index (χ1v) is 8.54. The van der Waals surface area contributed by atoms with Crippen molar-refractivity contribution in [2.24, 2.45) is 0 Å². The minimum atomic E-state index is -0.229. The molecule has 1 saturated carbocycles. The Morgan fingerprint density at radius 3 is 2.84 bits per heavy atom. The smallest absolute Gasteiger partial charge is 0.273 e. The van der Waals surface area contributed by atoms with E-state index in [0.717, 1.165) is 36.4 Å². The van der Waals surface area contributed by atoms with Gasteiger partial charge in [-0.05, 0) is 30.5 Å². The fourth-order valence-corrected chi connectivity index (χ4v) is 2.91. The number of aromatic nitrogens is 1. The summed E-state index contributed by atoms with van der Waals surface area (Å²) >= 11 is 0. The molecule has 0 spiro atoms. The Morgan fingerprint density at radius 1 is 1.32 bits per heavy atom. The summed E-state index contributed by atoms with van der Waals surface area (Å²) < 4.78 is 5.20.